The van der Waals surface area contributed by atoms with Crippen LogP contribution >= 0.6 is 0 Å². The van der Waals surface area contributed by atoms with Gasteiger partial charge in [-0.2, -0.15) is 5.10 Å². The Labute approximate surface area is 151 Å². The predicted octanol–water partition coefficient (Wildman–Crippen LogP) is 3.18. The zero-order valence-electron chi connectivity index (χ0n) is 14.7. The van der Waals surface area contributed by atoms with E-state index < -0.39 is 0 Å². The summed E-state index contributed by atoms with van der Waals surface area (Å²) in [4.78, 5) is 23.2. The number of carbonyl (C=O) groups is 1. The minimum atomic E-state index is 0.0830. The van der Waals surface area contributed by atoms with E-state index in [9.17, 15) is 4.79 Å². The van der Waals surface area contributed by atoms with Gasteiger partial charge < -0.3 is 9.88 Å². The number of aromatic nitrogens is 4. The molecule has 0 radical (unpaired) electrons. The third-order valence-electron chi connectivity index (χ3n) is 5.32. The second-order valence-corrected chi connectivity index (χ2v) is 7.24. The number of aryl methyl sites for hydroxylation is 1. The lowest BCUT2D eigenvalue weighted by Gasteiger charge is -2.26. The fourth-order valence-corrected chi connectivity index (χ4v) is 3.73. The predicted molar refractivity (Wildman–Crippen MR) is 97.8 cm³/mol. The normalized spacial score (nSPS) is 16.6. The highest BCUT2D eigenvalue weighted by molar-refractivity contribution is 5.96. The number of hydrogen-bond donors (Lipinski definition) is 2. The Morgan fingerprint density at radius 2 is 2.04 bits per heavy atom. The minimum Gasteiger partial charge on any atom is -0.340 e. The van der Waals surface area contributed by atoms with Gasteiger partial charge in [-0.3, -0.25) is 9.89 Å². The van der Waals surface area contributed by atoms with E-state index in [1.54, 1.807) is 0 Å². The number of imidazole rings is 1. The standard InChI is InChI=1S/C20H21N5O/c1-12-17(18(24-23-12)13-7-8-13)20(26)25-10-9-15-16(11-25)22-19(21-15)14-5-3-2-4-6-14/h2-6,13H,7-11H2,1H3,(H,21,22)(H,23,24). The fraction of sp³-hybridized carbons (Fsp3) is 0.350. The third-order valence-corrected chi connectivity index (χ3v) is 5.32. The Morgan fingerprint density at radius 1 is 1.23 bits per heavy atom. The van der Waals surface area contributed by atoms with E-state index in [2.05, 4.69) is 15.2 Å². The maximum Gasteiger partial charge on any atom is 0.257 e. The molecule has 0 spiro atoms. The van der Waals surface area contributed by atoms with Crippen molar-refractivity contribution in [3.8, 4) is 11.4 Å². The molecule has 2 aliphatic rings. The van der Waals surface area contributed by atoms with Crippen molar-refractivity contribution in [3.63, 3.8) is 0 Å². The van der Waals surface area contributed by atoms with E-state index in [1.807, 2.05) is 42.2 Å². The molecule has 132 valence electrons. The average molecular weight is 347 g/mol. The summed E-state index contributed by atoms with van der Waals surface area (Å²) in [5, 5.41) is 7.39. The topological polar surface area (TPSA) is 77.7 Å². The lowest BCUT2D eigenvalue weighted by atomic mass is 10.1. The van der Waals surface area contributed by atoms with E-state index >= 15 is 0 Å². The summed E-state index contributed by atoms with van der Waals surface area (Å²) < 4.78 is 0. The molecule has 1 saturated carbocycles. The van der Waals surface area contributed by atoms with Gasteiger partial charge in [-0.15, -0.1) is 0 Å². The molecule has 26 heavy (non-hydrogen) atoms. The Balaban J connectivity index is 1.42. The Bertz CT molecular complexity index is 968. The second-order valence-electron chi connectivity index (χ2n) is 7.24. The van der Waals surface area contributed by atoms with Gasteiger partial charge in [-0.1, -0.05) is 30.3 Å². The number of nitrogens with one attached hydrogen (secondary N) is 2. The van der Waals surface area contributed by atoms with Crippen molar-refractivity contribution in [3.05, 3.63) is 58.7 Å². The van der Waals surface area contributed by atoms with Crippen molar-refractivity contribution in [1.82, 2.24) is 25.1 Å². The third kappa shape index (κ3) is 2.53. The average Bonchev–Trinajstić information content (AvgIpc) is 3.31. The van der Waals surface area contributed by atoms with Crippen LogP contribution in [0, 0.1) is 6.92 Å². The van der Waals surface area contributed by atoms with Crippen molar-refractivity contribution >= 4 is 5.91 Å². The van der Waals surface area contributed by atoms with Gasteiger partial charge in [0.2, 0.25) is 0 Å². The van der Waals surface area contributed by atoms with Crippen LogP contribution in [0.5, 0.6) is 0 Å². The Hall–Kier alpha value is -2.89. The van der Waals surface area contributed by atoms with Crippen molar-refractivity contribution in [2.75, 3.05) is 6.54 Å². The van der Waals surface area contributed by atoms with Crippen LogP contribution in [0.2, 0.25) is 0 Å². The number of carbonyl (C=O) groups excluding carboxylic acids is 1. The number of fused-ring (bicyclic) bond motifs is 1. The molecule has 0 unspecified atom stereocenters. The van der Waals surface area contributed by atoms with Gasteiger partial charge >= 0.3 is 0 Å². The van der Waals surface area contributed by atoms with E-state index in [-0.39, 0.29) is 5.91 Å². The first-order valence-corrected chi connectivity index (χ1v) is 9.18. The molecule has 1 aliphatic carbocycles. The minimum absolute atomic E-state index is 0.0830. The summed E-state index contributed by atoms with van der Waals surface area (Å²) in [5.74, 6) is 1.42. The lowest BCUT2D eigenvalue weighted by Crippen LogP contribution is -2.36. The quantitative estimate of drug-likeness (QED) is 0.764. The van der Waals surface area contributed by atoms with Crippen LogP contribution in [0.3, 0.4) is 0 Å². The summed E-state index contributed by atoms with van der Waals surface area (Å²) in [6.45, 7) is 3.20. The van der Waals surface area contributed by atoms with Crippen LogP contribution in [0.25, 0.3) is 11.4 Å². The van der Waals surface area contributed by atoms with Crippen molar-refractivity contribution in [2.45, 2.75) is 38.6 Å². The summed E-state index contributed by atoms with van der Waals surface area (Å²) in [7, 11) is 0. The van der Waals surface area contributed by atoms with E-state index in [4.69, 9.17) is 4.98 Å². The summed E-state index contributed by atoms with van der Waals surface area (Å²) in [6.07, 6.45) is 3.05. The number of nitrogens with zero attached hydrogens (tertiary/aromatic N) is 3. The van der Waals surface area contributed by atoms with E-state index in [0.29, 0.717) is 19.0 Å². The van der Waals surface area contributed by atoms with Gasteiger partial charge in [-0.25, -0.2) is 4.98 Å². The second kappa shape index (κ2) is 5.83. The van der Waals surface area contributed by atoms with Crippen molar-refractivity contribution in [1.29, 1.82) is 0 Å². The van der Waals surface area contributed by atoms with E-state index in [0.717, 1.165) is 59.0 Å². The van der Waals surface area contributed by atoms with Crippen LogP contribution in [0.1, 0.15) is 51.9 Å². The summed E-state index contributed by atoms with van der Waals surface area (Å²) in [5.41, 5.74) is 5.78. The Morgan fingerprint density at radius 3 is 2.81 bits per heavy atom. The highest BCUT2D eigenvalue weighted by Crippen LogP contribution is 2.41. The molecule has 2 aromatic heterocycles. The number of hydrogen-bond acceptors (Lipinski definition) is 3. The maximum absolute atomic E-state index is 13.2. The molecular weight excluding hydrogens is 326 g/mol. The first-order valence-electron chi connectivity index (χ1n) is 9.18. The van der Waals surface area contributed by atoms with Gasteiger partial charge in [0.05, 0.1) is 29.2 Å². The van der Waals surface area contributed by atoms with Gasteiger partial charge in [0.25, 0.3) is 5.91 Å². The van der Waals surface area contributed by atoms with E-state index in [1.165, 1.54) is 0 Å². The number of aromatic amines is 2. The first-order chi connectivity index (χ1) is 12.7. The van der Waals surface area contributed by atoms with Crippen molar-refractivity contribution in [2.24, 2.45) is 0 Å². The number of amides is 1. The van der Waals surface area contributed by atoms with Crippen LogP contribution in [0.4, 0.5) is 0 Å². The molecule has 0 saturated heterocycles. The molecule has 0 bridgehead atoms. The molecule has 3 heterocycles. The zero-order valence-corrected chi connectivity index (χ0v) is 14.7. The zero-order chi connectivity index (χ0) is 17.7. The Kier molecular flexibility index (Phi) is 3.45. The molecule has 5 rings (SSSR count). The molecule has 1 fully saturated rings. The first kappa shape index (κ1) is 15.4. The molecule has 1 aliphatic heterocycles. The largest absolute Gasteiger partial charge is 0.340 e. The molecular formula is C20H21N5O. The monoisotopic (exact) mass is 347 g/mol. The smallest absolute Gasteiger partial charge is 0.257 e. The molecule has 3 aromatic rings. The number of benzene rings is 1. The van der Waals surface area contributed by atoms with Crippen LogP contribution < -0.4 is 0 Å². The summed E-state index contributed by atoms with van der Waals surface area (Å²) >= 11 is 0. The van der Waals surface area contributed by atoms with Gasteiger partial charge in [-0.05, 0) is 19.8 Å². The number of H-pyrrole nitrogens is 2. The van der Waals surface area contributed by atoms with Crippen molar-refractivity contribution < 1.29 is 4.79 Å². The lowest BCUT2D eigenvalue weighted by molar-refractivity contribution is 0.0730. The molecule has 2 N–H and O–H groups in total. The highest BCUT2D eigenvalue weighted by atomic mass is 16.2. The fourth-order valence-electron chi connectivity index (χ4n) is 3.73. The summed E-state index contributed by atoms with van der Waals surface area (Å²) in [6, 6.07) is 10.1. The van der Waals surface area contributed by atoms with Crippen LogP contribution in [-0.2, 0) is 13.0 Å². The van der Waals surface area contributed by atoms with Gasteiger partial charge in [0, 0.05) is 30.1 Å². The molecule has 0 atom stereocenters. The van der Waals surface area contributed by atoms with Crippen LogP contribution in [-0.4, -0.2) is 37.5 Å². The van der Waals surface area contributed by atoms with Crippen LogP contribution in [0.15, 0.2) is 30.3 Å². The van der Waals surface area contributed by atoms with Gasteiger partial charge in [0.1, 0.15) is 5.82 Å². The SMILES string of the molecule is Cc1[nH]nc(C2CC2)c1C(=O)N1CCc2nc(-c3ccccc3)[nH]c2C1. The maximum atomic E-state index is 13.2. The molecule has 1 aromatic carbocycles. The van der Waals surface area contributed by atoms with Gasteiger partial charge in [0.15, 0.2) is 0 Å². The number of rotatable bonds is 3. The molecule has 6 heteroatoms. The highest BCUT2D eigenvalue weighted by Gasteiger charge is 2.34. The molecule has 6 nitrogen and oxygen atoms in total. The molecule has 1 amide bonds.